The molecule has 11 aromatic carbocycles. The first-order chi connectivity index (χ1) is 31.8. The van der Waals surface area contributed by atoms with Crippen molar-refractivity contribution in [2.24, 2.45) is 0 Å². The summed E-state index contributed by atoms with van der Waals surface area (Å²) < 4.78 is 0. The summed E-state index contributed by atoms with van der Waals surface area (Å²) in [6.07, 6.45) is 0. The Hall–Kier alpha value is -8.46. The van der Waals surface area contributed by atoms with E-state index >= 15 is 0 Å². The first-order valence-electron chi connectivity index (χ1n) is 21.9. The van der Waals surface area contributed by atoms with Gasteiger partial charge in [0, 0.05) is 34.1 Å². The summed E-state index contributed by atoms with van der Waals surface area (Å²) in [5, 5.41) is 5.01. The fourth-order valence-corrected chi connectivity index (χ4v) is 9.22. The summed E-state index contributed by atoms with van der Waals surface area (Å²) in [5.41, 5.74) is 16.3. The van der Waals surface area contributed by atoms with Gasteiger partial charge in [0.15, 0.2) is 0 Å². The van der Waals surface area contributed by atoms with Crippen LogP contribution in [0.2, 0.25) is 0 Å². The standard InChI is InChI=1S/C62H44N2/c1-5-17-45(18-6-1)46-29-37-54(38-30-46)64(55-41-33-48(34-42-55)47-31-39-53(40-32-47)63(51-21-9-3-10-22-51)52-23-11-4-12-24-52)56-43-35-50(36-44-56)62-59-27-15-13-25-57(59)61(49-19-7-2-8-20-49)58-26-14-16-28-60(58)62/h1-44H. The highest BCUT2D eigenvalue weighted by atomic mass is 15.1. The lowest BCUT2D eigenvalue weighted by Gasteiger charge is -2.26. The molecule has 0 heterocycles. The molecule has 64 heavy (non-hydrogen) atoms. The van der Waals surface area contributed by atoms with Crippen LogP contribution >= 0.6 is 0 Å². The summed E-state index contributed by atoms with van der Waals surface area (Å²) in [6, 6.07) is 96.1. The van der Waals surface area contributed by atoms with Gasteiger partial charge in [0.2, 0.25) is 0 Å². The first kappa shape index (κ1) is 38.5. The molecule has 0 unspecified atom stereocenters. The normalized spacial score (nSPS) is 11.1. The van der Waals surface area contributed by atoms with Crippen molar-refractivity contribution in [1.29, 1.82) is 0 Å². The quantitative estimate of drug-likeness (QED) is 0.127. The van der Waals surface area contributed by atoms with Crippen LogP contribution in [0.5, 0.6) is 0 Å². The van der Waals surface area contributed by atoms with Crippen molar-refractivity contribution < 1.29 is 0 Å². The second-order valence-electron chi connectivity index (χ2n) is 16.1. The van der Waals surface area contributed by atoms with Gasteiger partial charge in [-0.2, -0.15) is 0 Å². The van der Waals surface area contributed by atoms with Crippen molar-refractivity contribution in [2.75, 3.05) is 9.80 Å². The number of fused-ring (bicyclic) bond motifs is 2. The van der Waals surface area contributed by atoms with Gasteiger partial charge in [-0.25, -0.2) is 0 Å². The second kappa shape index (κ2) is 17.1. The number of rotatable bonds is 10. The Bertz CT molecular complexity index is 3220. The molecular formula is C62H44N2. The van der Waals surface area contributed by atoms with Crippen LogP contribution in [0.15, 0.2) is 267 Å². The Kier molecular flexibility index (Phi) is 10.3. The highest BCUT2D eigenvalue weighted by Gasteiger charge is 2.19. The molecule has 0 N–H and O–H groups in total. The second-order valence-corrected chi connectivity index (χ2v) is 16.1. The fraction of sp³-hybridized carbons (Fsp3) is 0. The smallest absolute Gasteiger partial charge is 0.0462 e. The minimum Gasteiger partial charge on any atom is -0.311 e. The Morgan fingerprint density at radius 3 is 0.672 bits per heavy atom. The van der Waals surface area contributed by atoms with Gasteiger partial charge < -0.3 is 9.80 Å². The maximum atomic E-state index is 2.36. The topological polar surface area (TPSA) is 6.48 Å². The van der Waals surface area contributed by atoms with Crippen LogP contribution in [-0.2, 0) is 0 Å². The van der Waals surface area contributed by atoms with Gasteiger partial charge in [0.05, 0.1) is 0 Å². The number of hydrogen-bond acceptors (Lipinski definition) is 2. The lowest BCUT2D eigenvalue weighted by atomic mass is 9.86. The van der Waals surface area contributed by atoms with E-state index in [4.69, 9.17) is 0 Å². The minimum atomic E-state index is 1.09. The van der Waals surface area contributed by atoms with Gasteiger partial charge in [-0.15, -0.1) is 0 Å². The van der Waals surface area contributed by atoms with Crippen LogP contribution in [-0.4, -0.2) is 0 Å². The van der Waals surface area contributed by atoms with E-state index < -0.39 is 0 Å². The minimum absolute atomic E-state index is 1.09. The molecule has 0 bridgehead atoms. The Labute approximate surface area is 375 Å². The molecule has 0 atom stereocenters. The zero-order valence-corrected chi connectivity index (χ0v) is 35.3. The third kappa shape index (κ3) is 7.38. The summed E-state index contributed by atoms with van der Waals surface area (Å²) in [7, 11) is 0. The third-order valence-electron chi connectivity index (χ3n) is 12.3. The maximum Gasteiger partial charge on any atom is 0.0462 e. The molecule has 0 saturated heterocycles. The number of nitrogens with zero attached hydrogens (tertiary/aromatic N) is 2. The van der Waals surface area contributed by atoms with Crippen molar-refractivity contribution in [3.8, 4) is 44.5 Å². The fourth-order valence-electron chi connectivity index (χ4n) is 9.22. The van der Waals surface area contributed by atoms with Crippen LogP contribution < -0.4 is 9.80 Å². The average molecular weight is 817 g/mol. The molecule has 0 aliphatic rings. The van der Waals surface area contributed by atoms with Crippen LogP contribution in [0.3, 0.4) is 0 Å². The van der Waals surface area contributed by atoms with Crippen molar-refractivity contribution in [3.63, 3.8) is 0 Å². The number of benzene rings is 11. The van der Waals surface area contributed by atoms with Crippen LogP contribution in [0.4, 0.5) is 34.1 Å². The van der Waals surface area contributed by atoms with E-state index in [1.165, 1.54) is 54.9 Å². The van der Waals surface area contributed by atoms with Gasteiger partial charge in [0.25, 0.3) is 0 Å². The average Bonchev–Trinajstić information content (AvgIpc) is 3.38. The lowest BCUT2D eigenvalue weighted by molar-refractivity contribution is 1.28. The zero-order valence-electron chi connectivity index (χ0n) is 35.3. The van der Waals surface area contributed by atoms with Gasteiger partial charge >= 0.3 is 0 Å². The molecule has 0 spiro atoms. The Balaban J connectivity index is 0.968. The predicted octanol–water partition coefficient (Wildman–Crippen LogP) is 17.6. The highest BCUT2D eigenvalue weighted by molar-refractivity contribution is 6.21. The van der Waals surface area contributed by atoms with E-state index in [2.05, 4.69) is 277 Å². The van der Waals surface area contributed by atoms with Gasteiger partial charge in [-0.1, -0.05) is 194 Å². The molecule has 0 fully saturated rings. The molecule has 11 rings (SSSR count). The highest BCUT2D eigenvalue weighted by Crippen LogP contribution is 2.45. The largest absolute Gasteiger partial charge is 0.311 e. The SMILES string of the molecule is c1ccc(-c2ccc(N(c3ccc(-c4ccc(N(c5ccccc5)c5ccccc5)cc4)cc3)c3ccc(-c4c5ccccc5c(-c5ccccc5)c5ccccc45)cc3)cc2)cc1. The van der Waals surface area contributed by atoms with Crippen molar-refractivity contribution in [3.05, 3.63) is 267 Å². The van der Waals surface area contributed by atoms with E-state index in [9.17, 15) is 0 Å². The van der Waals surface area contributed by atoms with Crippen molar-refractivity contribution in [1.82, 2.24) is 0 Å². The van der Waals surface area contributed by atoms with E-state index in [0.29, 0.717) is 0 Å². The van der Waals surface area contributed by atoms with Crippen molar-refractivity contribution >= 4 is 55.7 Å². The summed E-state index contributed by atoms with van der Waals surface area (Å²) >= 11 is 0. The summed E-state index contributed by atoms with van der Waals surface area (Å²) in [5.74, 6) is 0. The molecule has 2 heteroatoms. The third-order valence-corrected chi connectivity index (χ3v) is 12.3. The van der Waals surface area contributed by atoms with Crippen LogP contribution in [0.1, 0.15) is 0 Å². The molecule has 0 saturated carbocycles. The molecule has 0 amide bonds. The summed E-state index contributed by atoms with van der Waals surface area (Å²) in [6.45, 7) is 0. The van der Waals surface area contributed by atoms with Crippen LogP contribution in [0.25, 0.3) is 66.1 Å². The Morgan fingerprint density at radius 2 is 0.359 bits per heavy atom. The molecule has 2 nitrogen and oxygen atoms in total. The van der Waals surface area contributed by atoms with Crippen LogP contribution in [0, 0.1) is 0 Å². The zero-order chi connectivity index (χ0) is 42.7. The van der Waals surface area contributed by atoms with E-state index in [-0.39, 0.29) is 0 Å². The number of para-hydroxylation sites is 2. The molecule has 0 radical (unpaired) electrons. The van der Waals surface area contributed by atoms with Gasteiger partial charge in [-0.05, 0) is 139 Å². The molecule has 302 valence electrons. The number of hydrogen-bond donors (Lipinski definition) is 0. The first-order valence-corrected chi connectivity index (χ1v) is 21.9. The van der Waals surface area contributed by atoms with Gasteiger partial charge in [0.1, 0.15) is 0 Å². The summed E-state index contributed by atoms with van der Waals surface area (Å²) in [4.78, 5) is 4.65. The van der Waals surface area contributed by atoms with E-state index in [1.54, 1.807) is 0 Å². The van der Waals surface area contributed by atoms with E-state index in [0.717, 1.165) is 45.3 Å². The molecule has 0 aliphatic carbocycles. The Morgan fingerprint density at radius 1 is 0.156 bits per heavy atom. The lowest BCUT2D eigenvalue weighted by Crippen LogP contribution is -2.10. The predicted molar refractivity (Wildman–Crippen MR) is 273 cm³/mol. The van der Waals surface area contributed by atoms with Crippen molar-refractivity contribution in [2.45, 2.75) is 0 Å². The molecule has 11 aromatic rings. The molecule has 0 aromatic heterocycles. The monoisotopic (exact) mass is 816 g/mol. The maximum absolute atomic E-state index is 2.36. The molecule has 0 aliphatic heterocycles. The van der Waals surface area contributed by atoms with Gasteiger partial charge in [-0.3, -0.25) is 0 Å². The molecular weight excluding hydrogens is 773 g/mol. The van der Waals surface area contributed by atoms with E-state index in [1.807, 2.05) is 0 Å². The number of anilines is 6.